The van der Waals surface area contributed by atoms with Gasteiger partial charge in [-0.2, -0.15) is 0 Å². The Morgan fingerprint density at radius 1 is 1.04 bits per heavy atom. The second kappa shape index (κ2) is 6.09. The topological polar surface area (TPSA) is 46.6 Å². The summed E-state index contributed by atoms with van der Waals surface area (Å²) in [5, 5.41) is -0.199. The van der Waals surface area contributed by atoms with Crippen molar-refractivity contribution in [2.75, 3.05) is 12.0 Å². The number of rotatable bonds is 3. The number of benzene rings is 2. The summed E-state index contributed by atoms with van der Waals surface area (Å²) in [6.07, 6.45) is 0. The molecule has 2 aromatic rings. The maximum atomic E-state index is 13.1. The van der Waals surface area contributed by atoms with E-state index in [0.29, 0.717) is 17.0 Å². The lowest BCUT2D eigenvalue weighted by Crippen LogP contribution is -2.31. The number of carbonyl (C=O) groups excluding carboxylic acids is 2. The van der Waals surface area contributed by atoms with Crippen molar-refractivity contribution in [2.24, 2.45) is 0 Å². The number of methoxy groups -OCH3 is 1. The van der Waals surface area contributed by atoms with Gasteiger partial charge in [-0.15, -0.1) is 0 Å². The van der Waals surface area contributed by atoms with Crippen molar-refractivity contribution in [1.82, 2.24) is 0 Å². The standard InChI is InChI=1S/C18H13ClFNO3/c1-10-3-8-14(24-2)13(9-10)21-17(22)15(16(19)18(21)23)11-4-6-12(20)7-5-11/h3-9H,1-2H3. The van der Waals surface area contributed by atoms with Crippen molar-refractivity contribution in [3.8, 4) is 5.75 Å². The molecule has 4 nitrogen and oxygen atoms in total. The van der Waals surface area contributed by atoms with E-state index in [1.54, 1.807) is 12.1 Å². The van der Waals surface area contributed by atoms with Gasteiger partial charge in [0.1, 0.15) is 16.6 Å². The highest BCUT2D eigenvalue weighted by Gasteiger charge is 2.40. The molecule has 0 aromatic heterocycles. The molecule has 0 fully saturated rings. The van der Waals surface area contributed by atoms with Crippen molar-refractivity contribution in [3.05, 3.63) is 64.4 Å². The van der Waals surface area contributed by atoms with Crippen LogP contribution in [-0.4, -0.2) is 18.9 Å². The summed E-state index contributed by atoms with van der Waals surface area (Å²) >= 11 is 6.11. The van der Waals surface area contributed by atoms with Crippen LogP contribution in [0.2, 0.25) is 0 Å². The Morgan fingerprint density at radius 3 is 2.33 bits per heavy atom. The minimum absolute atomic E-state index is 0.0465. The van der Waals surface area contributed by atoms with Gasteiger partial charge in [-0.05, 0) is 42.3 Å². The summed E-state index contributed by atoms with van der Waals surface area (Å²) < 4.78 is 18.3. The molecule has 0 saturated carbocycles. The fourth-order valence-corrected chi connectivity index (χ4v) is 2.84. The molecular weight excluding hydrogens is 333 g/mol. The largest absolute Gasteiger partial charge is 0.495 e. The number of hydrogen-bond donors (Lipinski definition) is 0. The normalized spacial score (nSPS) is 14.6. The Hall–Kier alpha value is -2.66. The molecule has 0 radical (unpaired) electrons. The van der Waals surface area contributed by atoms with Gasteiger partial charge >= 0.3 is 0 Å². The molecule has 0 bridgehead atoms. The molecule has 1 heterocycles. The maximum Gasteiger partial charge on any atom is 0.277 e. The van der Waals surface area contributed by atoms with E-state index in [1.807, 2.05) is 13.0 Å². The number of carbonyl (C=O) groups is 2. The van der Waals surface area contributed by atoms with Crippen molar-refractivity contribution < 1.29 is 18.7 Å². The monoisotopic (exact) mass is 345 g/mol. The lowest BCUT2D eigenvalue weighted by atomic mass is 10.1. The number of imide groups is 1. The molecule has 0 saturated heterocycles. The predicted octanol–water partition coefficient (Wildman–Crippen LogP) is 3.67. The quantitative estimate of drug-likeness (QED) is 0.797. The Kier molecular flexibility index (Phi) is 4.11. The van der Waals surface area contributed by atoms with Crippen LogP contribution in [-0.2, 0) is 9.59 Å². The molecule has 24 heavy (non-hydrogen) atoms. The molecule has 0 N–H and O–H groups in total. The first-order valence-corrected chi connectivity index (χ1v) is 7.51. The highest BCUT2D eigenvalue weighted by molar-refractivity contribution is 6.60. The molecule has 2 amide bonds. The van der Waals surface area contributed by atoms with E-state index >= 15 is 0 Å². The Bertz CT molecular complexity index is 874. The maximum absolute atomic E-state index is 13.1. The summed E-state index contributed by atoms with van der Waals surface area (Å²) in [7, 11) is 1.45. The number of anilines is 1. The van der Waals surface area contributed by atoms with Crippen molar-refractivity contribution in [1.29, 1.82) is 0 Å². The zero-order chi connectivity index (χ0) is 17.4. The number of halogens is 2. The van der Waals surface area contributed by atoms with Crippen molar-refractivity contribution >= 4 is 34.7 Å². The van der Waals surface area contributed by atoms with Crippen LogP contribution in [0.25, 0.3) is 5.57 Å². The van der Waals surface area contributed by atoms with Crippen LogP contribution >= 0.6 is 11.6 Å². The molecule has 0 unspecified atom stereocenters. The number of ether oxygens (including phenoxy) is 1. The first-order chi connectivity index (χ1) is 11.4. The summed E-state index contributed by atoms with van der Waals surface area (Å²) in [6, 6.07) is 10.4. The van der Waals surface area contributed by atoms with Gasteiger partial charge in [-0.1, -0.05) is 29.8 Å². The number of aryl methyl sites for hydroxylation is 1. The van der Waals surface area contributed by atoms with Crippen LogP contribution in [0.4, 0.5) is 10.1 Å². The first-order valence-electron chi connectivity index (χ1n) is 7.13. The average Bonchev–Trinajstić information content (AvgIpc) is 2.78. The molecule has 1 aliphatic heterocycles. The first kappa shape index (κ1) is 16.2. The second-order valence-electron chi connectivity index (χ2n) is 5.32. The van der Waals surface area contributed by atoms with Gasteiger partial charge in [-0.25, -0.2) is 9.29 Å². The van der Waals surface area contributed by atoms with Gasteiger partial charge in [0.15, 0.2) is 0 Å². The predicted molar refractivity (Wildman–Crippen MR) is 89.4 cm³/mol. The van der Waals surface area contributed by atoms with Gasteiger partial charge < -0.3 is 4.74 Å². The minimum Gasteiger partial charge on any atom is -0.495 e. The fraction of sp³-hybridized carbons (Fsp3) is 0.111. The number of amides is 2. The third kappa shape index (κ3) is 2.57. The van der Waals surface area contributed by atoms with Crippen LogP contribution in [0.3, 0.4) is 0 Å². The molecule has 3 rings (SSSR count). The lowest BCUT2D eigenvalue weighted by Gasteiger charge is -2.18. The smallest absolute Gasteiger partial charge is 0.277 e. The van der Waals surface area contributed by atoms with Crippen LogP contribution < -0.4 is 9.64 Å². The molecule has 2 aromatic carbocycles. The highest BCUT2D eigenvalue weighted by atomic mass is 35.5. The van der Waals surface area contributed by atoms with E-state index in [9.17, 15) is 14.0 Å². The minimum atomic E-state index is -0.634. The Labute approximate surface area is 143 Å². The van der Waals surface area contributed by atoms with E-state index in [0.717, 1.165) is 10.5 Å². The van der Waals surface area contributed by atoms with Gasteiger partial charge in [0.25, 0.3) is 11.8 Å². The van der Waals surface area contributed by atoms with Crippen LogP contribution in [0.5, 0.6) is 5.75 Å². The molecule has 1 aliphatic rings. The molecule has 0 aliphatic carbocycles. The van der Waals surface area contributed by atoms with Crippen molar-refractivity contribution in [2.45, 2.75) is 6.92 Å². The summed E-state index contributed by atoms with van der Waals surface area (Å²) in [6.45, 7) is 1.84. The van der Waals surface area contributed by atoms with E-state index < -0.39 is 17.6 Å². The lowest BCUT2D eigenvalue weighted by molar-refractivity contribution is -0.119. The Balaban J connectivity index is 2.09. The fourth-order valence-electron chi connectivity index (χ4n) is 2.56. The SMILES string of the molecule is COc1ccc(C)cc1N1C(=O)C(Cl)=C(c2ccc(F)cc2)C1=O. The van der Waals surface area contributed by atoms with Gasteiger partial charge in [0, 0.05) is 0 Å². The van der Waals surface area contributed by atoms with Crippen LogP contribution in [0.15, 0.2) is 47.5 Å². The van der Waals surface area contributed by atoms with Gasteiger partial charge in [0.05, 0.1) is 18.4 Å². The summed E-state index contributed by atoms with van der Waals surface area (Å²) in [5.41, 5.74) is 1.61. The van der Waals surface area contributed by atoms with Gasteiger partial charge in [-0.3, -0.25) is 9.59 Å². The van der Waals surface area contributed by atoms with Gasteiger partial charge in [0.2, 0.25) is 0 Å². The zero-order valence-corrected chi connectivity index (χ0v) is 13.7. The van der Waals surface area contributed by atoms with Crippen LogP contribution in [0.1, 0.15) is 11.1 Å². The molecule has 0 spiro atoms. The summed E-state index contributed by atoms with van der Waals surface area (Å²) in [5.74, 6) is -1.26. The van der Waals surface area contributed by atoms with E-state index in [1.165, 1.54) is 31.4 Å². The highest BCUT2D eigenvalue weighted by Crippen LogP contribution is 2.39. The van der Waals surface area contributed by atoms with E-state index in [-0.39, 0.29) is 10.6 Å². The van der Waals surface area contributed by atoms with Crippen molar-refractivity contribution in [3.63, 3.8) is 0 Å². The number of hydrogen-bond acceptors (Lipinski definition) is 3. The van der Waals surface area contributed by atoms with E-state index in [4.69, 9.17) is 16.3 Å². The second-order valence-corrected chi connectivity index (χ2v) is 5.69. The summed E-state index contributed by atoms with van der Waals surface area (Å²) in [4.78, 5) is 26.3. The van der Waals surface area contributed by atoms with Crippen LogP contribution in [0, 0.1) is 12.7 Å². The third-order valence-electron chi connectivity index (χ3n) is 3.74. The zero-order valence-electron chi connectivity index (χ0n) is 13.0. The van der Waals surface area contributed by atoms with E-state index in [2.05, 4.69) is 0 Å². The average molecular weight is 346 g/mol. The Morgan fingerprint density at radius 2 is 1.71 bits per heavy atom. The molecule has 122 valence electrons. The molecular formula is C18H13ClFNO3. The molecule has 6 heteroatoms. The number of nitrogens with zero attached hydrogens (tertiary/aromatic N) is 1. The molecule has 0 atom stereocenters. The third-order valence-corrected chi connectivity index (χ3v) is 4.09.